The van der Waals surface area contributed by atoms with Gasteiger partial charge < -0.3 is 11.5 Å². The molecule has 0 aliphatic heterocycles. The lowest BCUT2D eigenvalue weighted by Gasteiger charge is -2.51. The molecule has 0 spiro atoms. The number of hydrogen-bond acceptors (Lipinski definition) is 2. The highest BCUT2D eigenvalue weighted by atomic mass is 15.0. The average Bonchev–Trinajstić information content (AvgIpc) is 2.40. The van der Waals surface area contributed by atoms with E-state index in [-0.39, 0.29) is 5.41 Å². The van der Waals surface area contributed by atoms with E-state index >= 15 is 0 Å². The van der Waals surface area contributed by atoms with Crippen molar-refractivity contribution < 1.29 is 0 Å². The molecule has 0 aromatic heterocycles. The number of hydrogen-bond donors (Lipinski definition) is 2. The van der Waals surface area contributed by atoms with Crippen LogP contribution in [0.25, 0.3) is 0 Å². The Hall–Kier alpha value is -0.0800. The summed E-state index contributed by atoms with van der Waals surface area (Å²) in [7, 11) is 0. The van der Waals surface area contributed by atoms with Crippen molar-refractivity contribution in [2.75, 3.05) is 0 Å². The van der Waals surface area contributed by atoms with Crippen molar-refractivity contribution in [3.05, 3.63) is 0 Å². The van der Waals surface area contributed by atoms with Gasteiger partial charge in [0.1, 0.15) is 0 Å². The number of nitrogens with two attached hydrogens (primary N) is 2. The summed E-state index contributed by atoms with van der Waals surface area (Å²) in [6.45, 7) is 9.35. The van der Waals surface area contributed by atoms with Crippen LogP contribution < -0.4 is 11.5 Å². The highest BCUT2D eigenvalue weighted by Crippen LogP contribution is 2.49. The van der Waals surface area contributed by atoms with Gasteiger partial charge in [0.2, 0.25) is 0 Å². The minimum atomic E-state index is -0.474. The molecule has 2 saturated carbocycles. The number of rotatable bonds is 4. The van der Waals surface area contributed by atoms with Gasteiger partial charge in [-0.15, -0.1) is 0 Å². The molecule has 2 rings (SSSR count). The van der Waals surface area contributed by atoms with E-state index in [0.29, 0.717) is 0 Å². The van der Waals surface area contributed by atoms with E-state index in [1.54, 1.807) is 0 Å². The van der Waals surface area contributed by atoms with E-state index in [1.165, 1.54) is 51.4 Å². The molecule has 2 unspecified atom stereocenters. The zero-order valence-corrected chi connectivity index (χ0v) is 14.8. The van der Waals surface area contributed by atoms with Gasteiger partial charge in [-0.25, -0.2) is 0 Å². The summed E-state index contributed by atoms with van der Waals surface area (Å²) in [5.41, 5.74) is 12.3. The topological polar surface area (TPSA) is 52.0 Å². The van der Waals surface area contributed by atoms with E-state index < -0.39 is 5.66 Å². The lowest BCUT2D eigenvalue weighted by atomic mass is 9.59. The Balaban J connectivity index is 2.09. The molecule has 0 bridgehead atoms. The van der Waals surface area contributed by atoms with Crippen LogP contribution in [0, 0.1) is 29.1 Å². The summed E-state index contributed by atoms with van der Waals surface area (Å²) in [6, 6.07) is 0. The molecule has 0 saturated heterocycles. The second kappa shape index (κ2) is 6.58. The second-order valence-corrected chi connectivity index (χ2v) is 9.12. The molecule has 4 N–H and O–H groups in total. The monoisotopic (exact) mass is 294 g/mol. The Labute approximate surface area is 132 Å². The predicted octanol–water partition coefficient (Wildman–Crippen LogP) is 4.67. The average molecular weight is 295 g/mol. The van der Waals surface area contributed by atoms with Gasteiger partial charge in [-0.2, -0.15) is 0 Å². The van der Waals surface area contributed by atoms with Crippen LogP contribution in [-0.2, 0) is 0 Å². The SMILES string of the molecule is CC(C)CC(C1CCCCC1)C1CCC(N)(N)C(C)(C)C1. The summed E-state index contributed by atoms with van der Waals surface area (Å²) < 4.78 is 0. The van der Waals surface area contributed by atoms with Gasteiger partial charge >= 0.3 is 0 Å². The molecule has 2 nitrogen and oxygen atoms in total. The summed E-state index contributed by atoms with van der Waals surface area (Å²) in [5.74, 6) is 3.51. The van der Waals surface area contributed by atoms with Crippen LogP contribution in [0.5, 0.6) is 0 Å². The summed E-state index contributed by atoms with van der Waals surface area (Å²) in [4.78, 5) is 0. The third kappa shape index (κ3) is 4.01. The first-order valence-electron chi connectivity index (χ1n) is 9.31. The molecule has 2 atom stereocenters. The van der Waals surface area contributed by atoms with Crippen LogP contribution in [0.15, 0.2) is 0 Å². The fraction of sp³-hybridized carbons (Fsp3) is 1.00. The van der Waals surface area contributed by atoms with E-state index in [0.717, 1.165) is 30.1 Å². The molecule has 0 radical (unpaired) electrons. The summed E-state index contributed by atoms with van der Waals surface area (Å²) in [5, 5.41) is 0. The van der Waals surface area contributed by atoms with Gasteiger partial charge in [-0.3, -0.25) is 0 Å². The first-order valence-corrected chi connectivity index (χ1v) is 9.31. The van der Waals surface area contributed by atoms with Crippen LogP contribution in [-0.4, -0.2) is 5.66 Å². The molecule has 0 amide bonds. The Kier molecular flexibility index (Phi) is 5.41. The predicted molar refractivity (Wildman–Crippen MR) is 91.7 cm³/mol. The lowest BCUT2D eigenvalue weighted by Crippen LogP contribution is -2.63. The molecule has 2 fully saturated rings. The fourth-order valence-corrected chi connectivity index (χ4v) is 4.95. The second-order valence-electron chi connectivity index (χ2n) is 9.12. The Morgan fingerprint density at radius 2 is 1.57 bits per heavy atom. The molecular formula is C19H38N2. The van der Waals surface area contributed by atoms with Crippen molar-refractivity contribution in [2.45, 2.75) is 91.1 Å². The molecule has 0 heterocycles. The van der Waals surface area contributed by atoms with Gasteiger partial charge in [-0.1, -0.05) is 59.8 Å². The highest BCUT2D eigenvalue weighted by Gasteiger charge is 2.46. The summed E-state index contributed by atoms with van der Waals surface area (Å²) in [6.07, 6.45) is 12.1. The molecule has 0 aromatic carbocycles. The Morgan fingerprint density at radius 3 is 2.10 bits per heavy atom. The normalized spacial score (nSPS) is 31.3. The van der Waals surface area contributed by atoms with E-state index in [4.69, 9.17) is 11.5 Å². The molecule has 124 valence electrons. The molecule has 2 aliphatic carbocycles. The van der Waals surface area contributed by atoms with Crippen molar-refractivity contribution in [1.29, 1.82) is 0 Å². The summed E-state index contributed by atoms with van der Waals surface area (Å²) >= 11 is 0. The van der Waals surface area contributed by atoms with Crippen molar-refractivity contribution in [3.8, 4) is 0 Å². The molecule has 2 aliphatic rings. The Morgan fingerprint density at radius 1 is 0.952 bits per heavy atom. The van der Waals surface area contributed by atoms with E-state index in [9.17, 15) is 0 Å². The zero-order chi connectivity index (χ0) is 15.7. The third-order valence-electron chi connectivity index (χ3n) is 6.57. The minimum Gasteiger partial charge on any atom is -0.313 e. The van der Waals surface area contributed by atoms with Crippen molar-refractivity contribution in [1.82, 2.24) is 0 Å². The van der Waals surface area contributed by atoms with Crippen LogP contribution in [0.3, 0.4) is 0 Å². The van der Waals surface area contributed by atoms with Crippen LogP contribution in [0.4, 0.5) is 0 Å². The maximum atomic E-state index is 6.38. The van der Waals surface area contributed by atoms with Crippen molar-refractivity contribution >= 4 is 0 Å². The molecule has 21 heavy (non-hydrogen) atoms. The van der Waals surface area contributed by atoms with Gasteiger partial charge in [-0.05, 0) is 54.8 Å². The maximum absolute atomic E-state index is 6.38. The minimum absolute atomic E-state index is 0.0693. The maximum Gasteiger partial charge on any atom is 0.0689 e. The first kappa shape index (κ1) is 17.3. The third-order valence-corrected chi connectivity index (χ3v) is 6.57. The van der Waals surface area contributed by atoms with Crippen molar-refractivity contribution in [3.63, 3.8) is 0 Å². The molecular weight excluding hydrogens is 256 g/mol. The lowest BCUT2D eigenvalue weighted by molar-refractivity contribution is 0.0172. The van der Waals surface area contributed by atoms with E-state index in [1.807, 2.05) is 0 Å². The quantitative estimate of drug-likeness (QED) is 0.740. The Bertz CT molecular complexity index is 326. The first-order chi connectivity index (χ1) is 9.73. The van der Waals surface area contributed by atoms with Crippen LogP contribution in [0.2, 0.25) is 0 Å². The standard InChI is InChI=1S/C19H38N2/c1-14(2)12-17(15-8-6-5-7-9-15)16-10-11-19(20,21)18(3,4)13-16/h14-17H,5-13,20-21H2,1-4H3. The van der Waals surface area contributed by atoms with Crippen molar-refractivity contribution in [2.24, 2.45) is 40.6 Å². The molecule has 0 aromatic rings. The van der Waals surface area contributed by atoms with Gasteiger partial charge in [0.05, 0.1) is 5.66 Å². The van der Waals surface area contributed by atoms with Crippen LogP contribution in [0.1, 0.15) is 85.5 Å². The van der Waals surface area contributed by atoms with Crippen LogP contribution >= 0.6 is 0 Å². The van der Waals surface area contributed by atoms with E-state index in [2.05, 4.69) is 27.7 Å². The smallest absolute Gasteiger partial charge is 0.0689 e. The fourth-order valence-electron chi connectivity index (χ4n) is 4.95. The van der Waals surface area contributed by atoms with Gasteiger partial charge in [0, 0.05) is 0 Å². The van der Waals surface area contributed by atoms with Gasteiger partial charge in [0.25, 0.3) is 0 Å². The largest absolute Gasteiger partial charge is 0.313 e. The molecule has 2 heteroatoms. The van der Waals surface area contributed by atoms with Gasteiger partial charge in [0.15, 0.2) is 0 Å². The highest BCUT2D eigenvalue weighted by molar-refractivity contribution is 5.00. The zero-order valence-electron chi connectivity index (χ0n) is 14.8.